The molecule has 0 aromatic heterocycles. The number of hydrogen-bond acceptors (Lipinski definition) is 1. The van der Waals surface area contributed by atoms with Gasteiger partial charge in [0.1, 0.15) is 0 Å². The highest BCUT2D eigenvalue weighted by molar-refractivity contribution is 9.08. The molecule has 0 atom stereocenters. The van der Waals surface area contributed by atoms with Crippen LogP contribution in [-0.2, 0) is 23.1 Å². The van der Waals surface area contributed by atoms with Crippen molar-refractivity contribution in [2.24, 2.45) is 0 Å². The molecule has 0 radical (unpaired) electrons. The highest BCUT2D eigenvalue weighted by Gasteiger charge is 2.18. The minimum atomic E-state index is -0.107. The number of ether oxygens (including phenoxy) is 1. The molecule has 0 unspecified atom stereocenters. The Labute approximate surface area is 136 Å². The van der Waals surface area contributed by atoms with E-state index in [2.05, 4.69) is 78.3 Å². The Balaban J connectivity index is 1.82. The monoisotopic (exact) mass is 346 g/mol. The zero-order valence-corrected chi connectivity index (χ0v) is 14.4. The van der Waals surface area contributed by atoms with Crippen molar-refractivity contribution < 1.29 is 4.74 Å². The maximum Gasteiger partial charge on any atom is 0.0724 e. The second-order valence-electron chi connectivity index (χ2n) is 5.98. The fourth-order valence-corrected chi connectivity index (χ4v) is 2.54. The second-order valence-corrected chi connectivity index (χ2v) is 6.54. The molecule has 0 bridgehead atoms. The molecule has 1 nitrogen and oxygen atoms in total. The van der Waals surface area contributed by atoms with Gasteiger partial charge in [-0.15, -0.1) is 0 Å². The van der Waals surface area contributed by atoms with Crippen LogP contribution in [0.3, 0.4) is 0 Å². The molecule has 0 spiro atoms. The molecule has 0 aliphatic rings. The normalized spacial score (nSPS) is 11.6. The Morgan fingerprint density at radius 2 is 1.48 bits per heavy atom. The number of rotatable bonds is 7. The van der Waals surface area contributed by atoms with E-state index in [-0.39, 0.29) is 5.60 Å². The summed E-state index contributed by atoms with van der Waals surface area (Å²) >= 11 is 3.48. The van der Waals surface area contributed by atoms with Crippen LogP contribution in [0.4, 0.5) is 0 Å². The third kappa shape index (κ3) is 5.64. The van der Waals surface area contributed by atoms with Crippen molar-refractivity contribution in [3.8, 4) is 0 Å². The summed E-state index contributed by atoms with van der Waals surface area (Å²) in [7, 11) is 0. The Morgan fingerprint density at radius 1 is 0.857 bits per heavy atom. The van der Waals surface area contributed by atoms with Gasteiger partial charge in [0.15, 0.2) is 0 Å². The van der Waals surface area contributed by atoms with E-state index in [4.69, 9.17) is 4.74 Å². The van der Waals surface area contributed by atoms with E-state index in [0.717, 1.165) is 18.2 Å². The lowest BCUT2D eigenvalue weighted by atomic mass is 9.98. The van der Waals surface area contributed by atoms with Crippen LogP contribution < -0.4 is 0 Å². The predicted octanol–water partition coefficient (Wildman–Crippen LogP) is 5.51. The maximum atomic E-state index is 6.07. The molecule has 21 heavy (non-hydrogen) atoms. The van der Waals surface area contributed by atoms with E-state index in [1.807, 2.05) is 6.07 Å². The smallest absolute Gasteiger partial charge is 0.0724 e. The fourth-order valence-electron chi connectivity index (χ4n) is 2.17. The average molecular weight is 347 g/mol. The van der Waals surface area contributed by atoms with Crippen LogP contribution >= 0.6 is 15.9 Å². The molecule has 0 aliphatic heterocycles. The first-order chi connectivity index (χ1) is 10.1. The van der Waals surface area contributed by atoms with Crippen LogP contribution in [0, 0.1) is 0 Å². The van der Waals surface area contributed by atoms with Gasteiger partial charge in [-0.3, -0.25) is 0 Å². The molecule has 2 rings (SSSR count). The van der Waals surface area contributed by atoms with Gasteiger partial charge in [-0.05, 0) is 43.4 Å². The predicted molar refractivity (Wildman–Crippen MR) is 92.7 cm³/mol. The molecule has 2 aromatic carbocycles. The van der Waals surface area contributed by atoms with Crippen molar-refractivity contribution in [1.29, 1.82) is 0 Å². The quantitative estimate of drug-likeness (QED) is 0.600. The zero-order chi connectivity index (χ0) is 15.1. The van der Waals surface area contributed by atoms with Gasteiger partial charge in [-0.25, -0.2) is 0 Å². The van der Waals surface area contributed by atoms with Crippen LogP contribution in [0.25, 0.3) is 0 Å². The van der Waals surface area contributed by atoms with Gasteiger partial charge < -0.3 is 4.74 Å². The molecular weight excluding hydrogens is 324 g/mol. The SMILES string of the molecule is CC(C)(CCc1ccc(CBr)cc1)OCc1ccccc1. The first-order valence-corrected chi connectivity index (χ1v) is 8.53. The third-order valence-corrected chi connectivity index (χ3v) is 4.31. The zero-order valence-electron chi connectivity index (χ0n) is 12.8. The third-order valence-electron chi connectivity index (χ3n) is 3.67. The molecule has 0 fully saturated rings. The molecule has 0 N–H and O–H groups in total. The molecule has 2 heteroatoms. The summed E-state index contributed by atoms with van der Waals surface area (Å²) in [5.41, 5.74) is 3.81. The lowest BCUT2D eigenvalue weighted by molar-refractivity contribution is -0.0346. The van der Waals surface area contributed by atoms with E-state index < -0.39 is 0 Å². The maximum absolute atomic E-state index is 6.07. The number of halogens is 1. The summed E-state index contributed by atoms with van der Waals surface area (Å²) < 4.78 is 6.07. The number of alkyl halides is 1. The number of hydrogen-bond donors (Lipinski definition) is 0. The van der Waals surface area contributed by atoms with Gasteiger partial charge in [0.25, 0.3) is 0 Å². The lowest BCUT2D eigenvalue weighted by Gasteiger charge is -2.25. The van der Waals surface area contributed by atoms with Crippen molar-refractivity contribution in [1.82, 2.24) is 0 Å². The van der Waals surface area contributed by atoms with E-state index in [0.29, 0.717) is 6.61 Å². The van der Waals surface area contributed by atoms with Crippen LogP contribution in [0.2, 0.25) is 0 Å². The van der Waals surface area contributed by atoms with E-state index in [9.17, 15) is 0 Å². The van der Waals surface area contributed by atoms with Crippen molar-refractivity contribution in [2.45, 2.75) is 44.2 Å². The van der Waals surface area contributed by atoms with Crippen molar-refractivity contribution >= 4 is 15.9 Å². The van der Waals surface area contributed by atoms with Crippen LogP contribution in [0.5, 0.6) is 0 Å². The fraction of sp³-hybridized carbons (Fsp3) is 0.368. The van der Waals surface area contributed by atoms with E-state index >= 15 is 0 Å². The van der Waals surface area contributed by atoms with Gasteiger partial charge in [0.05, 0.1) is 12.2 Å². The highest BCUT2D eigenvalue weighted by atomic mass is 79.9. The van der Waals surface area contributed by atoms with Crippen LogP contribution in [0.15, 0.2) is 54.6 Å². The summed E-state index contributed by atoms with van der Waals surface area (Å²) in [4.78, 5) is 0. The minimum absolute atomic E-state index is 0.107. The molecule has 0 saturated carbocycles. The average Bonchev–Trinajstić information content (AvgIpc) is 2.53. The molecular formula is C19H23BrO. The van der Waals surface area contributed by atoms with Crippen molar-refractivity contribution in [3.05, 3.63) is 71.3 Å². The van der Waals surface area contributed by atoms with E-state index in [1.165, 1.54) is 16.7 Å². The topological polar surface area (TPSA) is 9.23 Å². The Bertz CT molecular complexity index is 531. The molecule has 0 amide bonds. The van der Waals surface area contributed by atoms with Gasteiger partial charge in [0.2, 0.25) is 0 Å². The second kappa shape index (κ2) is 7.77. The summed E-state index contributed by atoms with van der Waals surface area (Å²) in [6.07, 6.45) is 2.07. The molecule has 112 valence electrons. The number of benzene rings is 2. The molecule has 2 aromatic rings. The van der Waals surface area contributed by atoms with Gasteiger partial charge >= 0.3 is 0 Å². The summed E-state index contributed by atoms with van der Waals surface area (Å²) in [6, 6.07) is 19.1. The van der Waals surface area contributed by atoms with Crippen LogP contribution in [0.1, 0.15) is 37.0 Å². The van der Waals surface area contributed by atoms with Crippen LogP contribution in [-0.4, -0.2) is 5.60 Å². The van der Waals surface area contributed by atoms with Crippen molar-refractivity contribution in [2.75, 3.05) is 0 Å². The molecule has 0 saturated heterocycles. The van der Waals surface area contributed by atoms with Crippen molar-refractivity contribution in [3.63, 3.8) is 0 Å². The Kier molecular flexibility index (Phi) is 6.01. The molecule has 0 aliphatic carbocycles. The first kappa shape index (κ1) is 16.3. The van der Waals surface area contributed by atoms with Gasteiger partial charge in [-0.1, -0.05) is 70.5 Å². The molecule has 0 heterocycles. The van der Waals surface area contributed by atoms with Gasteiger partial charge in [0, 0.05) is 5.33 Å². The van der Waals surface area contributed by atoms with E-state index in [1.54, 1.807) is 0 Å². The standard InChI is InChI=1S/C19H23BrO/c1-19(2,21-15-18-6-4-3-5-7-18)13-12-16-8-10-17(14-20)11-9-16/h3-11H,12-15H2,1-2H3. The summed E-state index contributed by atoms with van der Waals surface area (Å²) in [5, 5.41) is 0.916. The Morgan fingerprint density at radius 3 is 2.10 bits per heavy atom. The highest BCUT2D eigenvalue weighted by Crippen LogP contribution is 2.20. The minimum Gasteiger partial charge on any atom is -0.371 e. The largest absolute Gasteiger partial charge is 0.371 e. The first-order valence-electron chi connectivity index (χ1n) is 7.41. The Hall–Kier alpha value is -1.12. The summed E-state index contributed by atoms with van der Waals surface area (Å²) in [6.45, 7) is 5.02. The van der Waals surface area contributed by atoms with Gasteiger partial charge in [-0.2, -0.15) is 0 Å². The number of aryl methyl sites for hydroxylation is 1. The lowest BCUT2D eigenvalue weighted by Crippen LogP contribution is -2.25. The summed E-state index contributed by atoms with van der Waals surface area (Å²) in [5.74, 6) is 0.